The smallest absolute Gasteiger partial charge is 0.306 e. The van der Waals surface area contributed by atoms with Crippen LogP contribution in [0.15, 0.2) is 4.42 Å². The predicted molar refractivity (Wildman–Crippen MR) is 74.1 cm³/mol. The molecule has 1 aromatic heterocycles. The molecule has 4 bridgehead atoms. The minimum atomic E-state index is -0.104. The quantitative estimate of drug-likeness (QED) is 0.797. The number of hydrogen-bond donors (Lipinski definition) is 0. The highest BCUT2D eigenvalue weighted by atomic mass is 16.5. The third kappa shape index (κ3) is 2.58. The van der Waals surface area contributed by atoms with E-state index < -0.39 is 0 Å². The number of carbonyl (C=O) groups is 1. The van der Waals surface area contributed by atoms with E-state index in [2.05, 4.69) is 10.2 Å². The Labute approximate surface area is 124 Å². The zero-order chi connectivity index (χ0) is 14.4. The molecule has 0 N–H and O–H groups in total. The van der Waals surface area contributed by atoms with Crippen LogP contribution in [0.4, 0.5) is 0 Å². The molecule has 5 heteroatoms. The molecule has 0 aliphatic heterocycles. The Kier molecular flexibility index (Phi) is 3.05. The summed E-state index contributed by atoms with van der Waals surface area (Å²) in [6.07, 6.45) is 8.46. The van der Waals surface area contributed by atoms with Crippen molar-refractivity contribution in [2.45, 2.75) is 58.5 Å². The first-order valence-electron chi connectivity index (χ1n) is 8.05. The van der Waals surface area contributed by atoms with Crippen molar-refractivity contribution in [3.63, 3.8) is 0 Å². The molecule has 1 heterocycles. The number of rotatable bonds is 4. The van der Waals surface area contributed by atoms with Crippen molar-refractivity contribution in [1.82, 2.24) is 10.2 Å². The first-order valence-corrected chi connectivity index (χ1v) is 8.05. The number of carbonyl (C=O) groups excluding carboxylic acids is 1. The molecule has 114 valence electrons. The minimum Gasteiger partial charge on any atom is -0.456 e. The van der Waals surface area contributed by atoms with E-state index in [1.54, 1.807) is 6.92 Å². The van der Waals surface area contributed by atoms with Gasteiger partial charge in [-0.2, -0.15) is 0 Å². The van der Waals surface area contributed by atoms with Crippen LogP contribution in [-0.2, 0) is 16.1 Å². The van der Waals surface area contributed by atoms with Gasteiger partial charge in [0.2, 0.25) is 5.89 Å². The van der Waals surface area contributed by atoms with Gasteiger partial charge < -0.3 is 9.15 Å². The summed E-state index contributed by atoms with van der Waals surface area (Å²) in [5, 5.41) is 7.59. The molecule has 0 atom stereocenters. The summed E-state index contributed by atoms with van der Waals surface area (Å²) in [6.45, 7) is 1.83. The molecule has 0 aromatic carbocycles. The van der Waals surface area contributed by atoms with Gasteiger partial charge >= 0.3 is 5.97 Å². The molecule has 0 saturated heterocycles. The van der Waals surface area contributed by atoms with Gasteiger partial charge in [-0.3, -0.25) is 4.79 Å². The normalized spacial score (nSPS) is 36.9. The van der Waals surface area contributed by atoms with Crippen LogP contribution in [0, 0.1) is 30.1 Å². The fourth-order valence-electron chi connectivity index (χ4n) is 5.40. The van der Waals surface area contributed by atoms with Gasteiger partial charge in [0.1, 0.15) is 0 Å². The van der Waals surface area contributed by atoms with Gasteiger partial charge in [-0.05, 0) is 61.7 Å². The third-order valence-electron chi connectivity index (χ3n) is 5.61. The van der Waals surface area contributed by atoms with E-state index in [4.69, 9.17) is 9.15 Å². The number of esters is 1. The van der Waals surface area contributed by atoms with Crippen LogP contribution < -0.4 is 0 Å². The fraction of sp³-hybridized carbons (Fsp3) is 0.812. The van der Waals surface area contributed by atoms with E-state index in [0.29, 0.717) is 18.2 Å². The van der Waals surface area contributed by atoms with E-state index >= 15 is 0 Å². The SMILES string of the molecule is Cc1nnc(COC(=O)CC23CC4CC(CC(C4)C2)C3)o1. The number of ether oxygens (including phenoxy) is 1. The first-order chi connectivity index (χ1) is 10.1. The van der Waals surface area contributed by atoms with Crippen molar-refractivity contribution in [1.29, 1.82) is 0 Å². The molecule has 4 aliphatic rings. The monoisotopic (exact) mass is 290 g/mol. The molecule has 0 unspecified atom stereocenters. The number of aromatic nitrogens is 2. The predicted octanol–water partition coefficient (Wildman–Crippen LogP) is 3.03. The summed E-state index contributed by atoms with van der Waals surface area (Å²) in [7, 11) is 0. The van der Waals surface area contributed by atoms with Gasteiger partial charge in [-0.25, -0.2) is 0 Å². The largest absolute Gasteiger partial charge is 0.456 e. The van der Waals surface area contributed by atoms with Crippen molar-refractivity contribution in [2.24, 2.45) is 23.2 Å². The maximum Gasteiger partial charge on any atom is 0.306 e. The van der Waals surface area contributed by atoms with Crippen LogP contribution in [-0.4, -0.2) is 16.2 Å². The topological polar surface area (TPSA) is 65.2 Å². The Bertz CT molecular complexity index is 516. The van der Waals surface area contributed by atoms with Gasteiger partial charge in [-0.1, -0.05) is 0 Å². The number of hydrogen-bond acceptors (Lipinski definition) is 5. The lowest BCUT2D eigenvalue weighted by Gasteiger charge is -2.56. The Balaban J connectivity index is 1.36. The molecule has 4 saturated carbocycles. The average Bonchev–Trinajstić information content (AvgIpc) is 2.80. The van der Waals surface area contributed by atoms with Crippen molar-refractivity contribution in [3.8, 4) is 0 Å². The van der Waals surface area contributed by atoms with E-state index in [1.807, 2.05) is 0 Å². The lowest BCUT2D eigenvalue weighted by molar-refractivity contribution is -0.154. The highest BCUT2D eigenvalue weighted by Gasteiger charge is 2.51. The van der Waals surface area contributed by atoms with Crippen LogP contribution >= 0.6 is 0 Å². The Morgan fingerprint density at radius 1 is 1.19 bits per heavy atom. The van der Waals surface area contributed by atoms with Gasteiger partial charge in [0.25, 0.3) is 5.89 Å². The maximum absolute atomic E-state index is 12.2. The number of aryl methyl sites for hydroxylation is 1. The van der Waals surface area contributed by atoms with E-state index in [-0.39, 0.29) is 18.0 Å². The van der Waals surface area contributed by atoms with Crippen LogP contribution in [0.2, 0.25) is 0 Å². The summed E-state index contributed by atoms with van der Waals surface area (Å²) in [5.74, 6) is 3.37. The molecule has 21 heavy (non-hydrogen) atoms. The maximum atomic E-state index is 12.2. The molecule has 0 radical (unpaired) electrons. The molecular weight excluding hydrogens is 268 g/mol. The van der Waals surface area contributed by atoms with Crippen LogP contribution in [0.5, 0.6) is 0 Å². The molecule has 5 rings (SSSR count). The second-order valence-corrected chi connectivity index (χ2v) is 7.47. The zero-order valence-corrected chi connectivity index (χ0v) is 12.5. The summed E-state index contributed by atoms with van der Waals surface area (Å²) >= 11 is 0. The van der Waals surface area contributed by atoms with Crippen LogP contribution in [0.3, 0.4) is 0 Å². The van der Waals surface area contributed by atoms with Crippen LogP contribution in [0.25, 0.3) is 0 Å². The summed E-state index contributed by atoms with van der Waals surface area (Å²) in [5.41, 5.74) is 0.233. The van der Waals surface area contributed by atoms with E-state index in [0.717, 1.165) is 17.8 Å². The molecule has 0 spiro atoms. The van der Waals surface area contributed by atoms with Gasteiger partial charge in [0, 0.05) is 6.92 Å². The third-order valence-corrected chi connectivity index (χ3v) is 5.61. The Morgan fingerprint density at radius 2 is 1.81 bits per heavy atom. The molecular formula is C16H22N2O3. The second kappa shape index (κ2) is 4.82. The first kappa shape index (κ1) is 13.3. The van der Waals surface area contributed by atoms with Gasteiger partial charge in [0.15, 0.2) is 6.61 Å². The van der Waals surface area contributed by atoms with E-state index in [1.165, 1.54) is 38.5 Å². The minimum absolute atomic E-state index is 0.103. The Morgan fingerprint density at radius 3 is 2.33 bits per heavy atom. The zero-order valence-electron chi connectivity index (χ0n) is 12.5. The molecule has 1 aromatic rings. The van der Waals surface area contributed by atoms with Gasteiger partial charge in [0.05, 0.1) is 6.42 Å². The van der Waals surface area contributed by atoms with Gasteiger partial charge in [-0.15, -0.1) is 10.2 Å². The average molecular weight is 290 g/mol. The molecule has 0 amide bonds. The van der Waals surface area contributed by atoms with E-state index in [9.17, 15) is 4.79 Å². The second-order valence-electron chi connectivity index (χ2n) is 7.47. The van der Waals surface area contributed by atoms with Crippen LogP contribution in [0.1, 0.15) is 56.7 Å². The molecule has 4 fully saturated rings. The lowest BCUT2D eigenvalue weighted by Crippen LogP contribution is -2.47. The molecule has 5 nitrogen and oxygen atoms in total. The fourth-order valence-corrected chi connectivity index (χ4v) is 5.40. The number of nitrogens with zero attached hydrogens (tertiary/aromatic N) is 2. The standard InChI is InChI=1S/C16H22N2O3/c1-10-17-18-14(21-10)9-20-15(19)8-16-5-11-2-12(6-16)4-13(3-11)7-16/h11-13H,2-9H2,1H3. The van der Waals surface area contributed by atoms with Crippen molar-refractivity contribution in [2.75, 3.05) is 0 Å². The van der Waals surface area contributed by atoms with Crippen molar-refractivity contribution >= 4 is 5.97 Å². The highest BCUT2D eigenvalue weighted by Crippen LogP contribution is 2.61. The molecule has 4 aliphatic carbocycles. The Hall–Kier alpha value is -1.39. The summed E-state index contributed by atoms with van der Waals surface area (Å²) < 4.78 is 10.6. The summed E-state index contributed by atoms with van der Waals surface area (Å²) in [4.78, 5) is 12.2. The van der Waals surface area contributed by atoms with Crippen molar-refractivity contribution in [3.05, 3.63) is 11.8 Å². The summed E-state index contributed by atoms with van der Waals surface area (Å²) in [6, 6.07) is 0. The lowest BCUT2D eigenvalue weighted by atomic mass is 9.49. The highest BCUT2D eigenvalue weighted by molar-refractivity contribution is 5.70. The van der Waals surface area contributed by atoms with Crippen molar-refractivity contribution < 1.29 is 13.9 Å².